The van der Waals surface area contributed by atoms with Gasteiger partial charge in [-0.3, -0.25) is 9.97 Å². The van der Waals surface area contributed by atoms with E-state index in [1.54, 1.807) is 30.6 Å². The van der Waals surface area contributed by atoms with E-state index in [0.717, 1.165) is 5.52 Å². The third-order valence-corrected chi connectivity index (χ3v) is 2.12. The number of urea groups is 1. The van der Waals surface area contributed by atoms with E-state index < -0.39 is 0 Å². The number of aromatic nitrogens is 2. The lowest BCUT2D eigenvalue weighted by molar-refractivity contribution is 0.245. The summed E-state index contributed by atoms with van der Waals surface area (Å²) in [5.74, 6) is 0. The minimum absolute atomic E-state index is 0.0867. The van der Waals surface area contributed by atoms with Crippen molar-refractivity contribution in [2.45, 2.75) is 0 Å². The van der Waals surface area contributed by atoms with Crippen LogP contribution in [0.25, 0.3) is 11.0 Å². The molecule has 0 saturated heterocycles. The average Bonchev–Trinajstić information content (AvgIpc) is 2.36. The smallest absolute Gasteiger partial charge is 0.319 e. The Morgan fingerprint density at radius 2 is 2.00 bits per heavy atom. The van der Waals surface area contributed by atoms with Gasteiger partial charge in [0.2, 0.25) is 0 Å². The normalized spacial score (nSPS) is 10.2. The molecule has 17 heavy (non-hydrogen) atoms. The third-order valence-electron chi connectivity index (χ3n) is 2.12. The molecule has 2 amide bonds. The molecule has 0 saturated carbocycles. The number of carbonyl (C=O) groups is 1. The highest BCUT2D eigenvalue weighted by Gasteiger charge is 2.02. The van der Waals surface area contributed by atoms with E-state index in [4.69, 9.17) is 5.11 Å². The van der Waals surface area contributed by atoms with Crippen LogP contribution in [0.2, 0.25) is 0 Å². The van der Waals surface area contributed by atoms with Gasteiger partial charge in [-0.05, 0) is 18.2 Å². The predicted octanol–water partition coefficient (Wildman–Crippen LogP) is 0.744. The Morgan fingerprint density at radius 3 is 2.76 bits per heavy atom. The van der Waals surface area contributed by atoms with Crippen LogP contribution in [0.5, 0.6) is 0 Å². The fraction of sp³-hybridized carbons (Fsp3) is 0.182. The molecule has 0 aliphatic carbocycles. The second-order valence-electron chi connectivity index (χ2n) is 3.36. The van der Waals surface area contributed by atoms with Crippen LogP contribution in [-0.2, 0) is 0 Å². The van der Waals surface area contributed by atoms with E-state index in [1.165, 1.54) is 0 Å². The molecule has 0 unspecified atom stereocenters. The summed E-state index contributed by atoms with van der Waals surface area (Å²) in [6.07, 6.45) is 3.21. The minimum atomic E-state index is -0.359. The highest BCUT2D eigenvalue weighted by Crippen LogP contribution is 2.14. The monoisotopic (exact) mass is 232 g/mol. The second kappa shape index (κ2) is 5.22. The number of anilines is 1. The van der Waals surface area contributed by atoms with Crippen LogP contribution in [0, 0.1) is 0 Å². The lowest BCUT2D eigenvalue weighted by Gasteiger charge is -2.06. The molecule has 1 aromatic heterocycles. The average molecular weight is 232 g/mol. The summed E-state index contributed by atoms with van der Waals surface area (Å²) in [6.45, 7) is 0.135. The number of aliphatic hydroxyl groups excluding tert-OH is 1. The molecule has 2 rings (SSSR count). The SMILES string of the molecule is O=C(NCCO)Nc1ccc2nccnc2c1. The van der Waals surface area contributed by atoms with Gasteiger partial charge >= 0.3 is 6.03 Å². The van der Waals surface area contributed by atoms with Gasteiger partial charge in [0.15, 0.2) is 0 Å². The van der Waals surface area contributed by atoms with Crippen molar-refractivity contribution in [3.05, 3.63) is 30.6 Å². The molecule has 6 nitrogen and oxygen atoms in total. The Bertz CT molecular complexity index is 530. The highest BCUT2D eigenvalue weighted by molar-refractivity contribution is 5.91. The topological polar surface area (TPSA) is 87.1 Å². The zero-order valence-electron chi connectivity index (χ0n) is 9.05. The van der Waals surface area contributed by atoms with Crippen LogP contribution in [0.4, 0.5) is 10.5 Å². The number of benzene rings is 1. The van der Waals surface area contributed by atoms with E-state index in [2.05, 4.69) is 20.6 Å². The van der Waals surface area contributed by atoms with Crippen LogP contribution in [-0.4, -0.2) is 34.3 Å². The summed E-state index contributed by atoms with van der Waals surface area (Å²) in [5, 5.41) is 13.7. The van der Waals surface area contributed by atoms with Crippen LogP contribution < -0.4 is 10.6 Å². The first kappa shape index (κ1) is 11.3. The maximum absolute atomic E-state index is 11.3. The van der Waals surface area contributed by atoms with Crippen molar-refractivity contribution < 1.29 is 9.90 Å². The molecule has 0 bridgehead atoms. The Balaban J connectivity index is 2.11. The Labute approximate surface area is 97.7 Å². The molecule has 3 N–H and O–H groups in total. The van der Waals surface area contributed by atoms with Gasteiger partial charge in [-0.15, -0.1) is 0 Å². The zero-order valence-corrected chi connectivity index (χ0v) is 9.05. The number of hydrogen-bond acceptors (Lipinski definition) is 4. The molecular weight excluding hydrogens is 220 g/mol. The minimum Gasteiger partial charge on any atom is -0.395 e. The number of carbonyl (C=O) groups excluding carboxylic acids is 1. The van der Waals surface area contributed by atoms with Crippen molar-refractivity contribution >= 4 is 22.8 Å². The molecule has 0 aliphatic heterocycles. The van der Waals surface area contributed by atoms with Crippen molar-refractivity contribution in [2.75, 3.05) is 18.5 Å². The molecule has 0 spiro atoms. The standard InChI is InChI=1S/C11H12N4O2/c16-6-5-14-11(17)15-8-1-2-9-10(7-8)13-4-3-12-9/h1-4,7,16H,5-6H2,(H2,14,15,17). The number of amides is 2. The quantitative estimate of drug-likeness (QED) is 0.728. The summed E-state index contributed by atoms with van der Waals surface area (Å²) >= 11 is 0. The van der Waals surface area contributed by atoms with Crippen molar-refractivity contribution in [1.29, 1.82) is 0 Å². The maximum Gasteiger partial charge on any atom is 0.319 e. The summed E-state index contributed by atoms with van der Waals surface area (Å²) in [7, 11) is 0. The van der Waals surface area contributed by atoms with Crippen molar-refractivity contribution in [3.8, 4) is 0 Å². The van der Waals surface area contributed by atoms with E-state index in [0.29, 0.717) is 11.2 Å². The van der Waals surface area contributed by atoms with Gasteiger partial charge in [0.05, 0.1) is 17.6 Å². The van der Waals surface area contributed by atoms with E-state index >= 15 is 0 Å². The Kier molecular flexibility index (Phi) is 3.46. The van der Waals surface area contributed by atoms with E-state index in [-0.39, 0.29) is 19.2 Å². The number of aliphatic hydroxyl groups is 1. The van der Waals surface area contributed by atoms with Gasteiger partial charge in [-0.1, -0.05) is 0 Å². The molecule has 0 aliphatic rings. The van der Waals surface area contributed by atoms with Crippen molar-refractivity contribution in [2.24, 2.45) is 0 Å². The summed E-state index contributed by atoms with van der Waals surface area (Å²) in [4.78, 5) is 19.6. The number of fused-ring (bicyclic) bond motifs is 1. The Morgan fingerprint density at radius 1 is 1.24 bits per heavy atom. The molecule has 6 heteroatoms. The molecular formula is C11H12N4O2. The lowest BCUT2D eigenvalue weighted by atomic mass is 10.2. The van der Waals surface area contributed by atoms with Gasteiger partial charge in [-0.2, -0.15) is 0 Å². The van der Waals surface area contributed by atoms with Crippen LogP contribution in [0.15, 0.2) is 30.6 Å². The van der Waals surface area contributed by atoms with Gasteiger partial charge in [0, 0.05) is 24.6 Å². The molecule has 1 aromatic carbocycles. The van der Waals surface area contributed by atoms with E-state index in [9.17, 15) is 4.79 Å². The van der Waals surface area contributed by atoms with E-state index in [1.807, 2.05) is 0 Å². The van der Waals surface area contributed by atoms with Gasteiger partial charge in [-0.25, -0.2) is 4.79 Å². The van der Waals surface area contributed by atoms with Crippen LogP contribution in [0.1, 0.15) is 0 Å². The molecule has 0 atom stereocenters. The van der Waals surface area contributed by atoms with Crippen molar-refractivity contribution in [1.82, 2.24) is 15.3 Å². The molecule has 0 radical (unpaired) electrons. The fourth-order valence-electron chi connectivity index (χ4n) is 1.39. The fourth-order valence-corrected chi connectivity index (χ4v) is 1.39. The molecule has 88 valence electrons. The number of nitrogens with zero attached hydrogens (tertiary/aromatic N) is 2. The zero-order chi connectivity index (χ0) is 12.1. The molecule has 0 fully saturated rings. The summed E-state index contributed by atoms with van der Waals surface area (Å²) < 4.78 is 0. The number of rotatable bonds is 3. The first-order valence-corrected chi connectivity index (χ1v) is 5.16. The van der Waals surface area contributed by atoms with Crippen molar-refractivity contribution in [3.63, 3.8) is 0 Å². The number of hydrogen-bond donors (Lipinski definition) is 3. The highest BCUT2D eigenvalue weighted by atomic mass is 16.3. The van der Waals surface area contributed by atoms with Crippen LogP contribution in [0.3, 0.4) is 0 Å². The first-order valence-electron chi connectivity index (χ1n) is 5.16. The predicted molar refractivity (Wildman–Crippen MR) is 63.6 cm³/mol. The largest absolute Gasteiger partial charge is 0.395 e. The summed E-state index contributed by atoms with van der Waals surface area (Å²) in [5.41, 5.74) is 2.12. The lowest BCUT2D eigenvalue weighted by Crippen LogP contribution is -2.30. The Hall–Kier alpha value is -2.21. The second-order valence-corrected chi connectivity index (χ2v) is 3.36. The van der Waals surface area contributed by atoms with Crippen LogP contribution >= 0.6 is 0 Å². The molecule has 1 heterocycles. The molecule has 2 aromatic rings. The summed E-state index contributed by atoms with van der Waals surface area (Å²) in [6, 6.07) is 4.91. The number of nitrogens with one attached hydrogen (secondary N) is 2. The van der Waals surface area contributed by atoms with Gasteiger partial charge < -0.3 is 15.7 Å². The van der Waals surface area contributed by atoms with Gasteiger partial charge in [0.1, 0.15) is 0 Å². The van der Waals surface area contributed by atoms with Gasteiger partial charge in [0.25, 0.3) is 0 Å². The first-order chi connectivity index (χ1) is 8.29. The third kappa shape index (κ3) is 2.88. The maximum atomic E-state index is 11.3.